The first kappa shape index (κ1) is 20.2. The topological polar surface area (TPSA) is 60.2 Å². The Bertz CT molecular complexity index is 1720. The third-order valence-electron chi connectivity index (χ3n) is 6.32. The minimum Gasteiger partial charge on any atom is -0.506 e. The molecule has 0 saturated heterocycles. The first-order valence-corrected chi connectivity index (χ1v) is 11.2. The second-order valence-electron chi connectivity index (χ2n) is 8.73. The summed E-state index contributed by atoms with van der Waals surface area (Å²) in [4.78, 5) is 9.27. The number of aromatic hydroxyl groups is 1. The normalized spacial score (nSPS) is 11.5. The van der Waals surface area contributed by atoms with Gasteiger partial charge < -0.3 is 9.84 Å². The number of aryl methyl sites for hydroxylation is 3. The highest BCUT2D eigenvalue weighted by Crippen LogP contribution is 2.37. The lowest BCUT2D eigenvalue weighted by Gasteiger charge is -2.10. The maximum Gasteiger partial charge on any atom is 0.220 e. The van der Waals surface area contributed by atoms with Gasteiger partial charge in [-0.25, -0.2) is 9.97 Å². The molecule has 5 heteroatoms. The lowest BCUT2D eigenvalue weighted by Crippen LogP contribution is -1.97. The van der Waals surface area contributed by atoms with Crippen LogP contribution in [0.3, 0.4) is 0 Å². The van der Waals surface area contributed by atoms with E-state index in [4.69, 9.17) is 9.72 Å². The Morgan fingerprint density at radius 2 is 1.65 bits per heavy atom. The summed E-state index contributed by atoms with van der Waals surface area (Å²) in [7, 11) is 0. The van der Waals surface area contributed by atoms with Crippen LogP contribution < -0.4 is 4.74 Å². The van der Waals surface area contributed by atoms with Crippen molar-refractivity contribution in [2.75, 3.05) is 0 Å². The third-order valence-corrected chi connectivity index (χ3v) is 6.32. The zero-order valence-electron chi connectivity index (χ0n) is 19.2. The molecule has 0 radical (unpaired) electrons. The van der Waals surface area contributed by atoms with Crippen molar-refractivity contribution in [1.29, 1.82) is 0 Å². The summed E-state index contributed by atoms with van der Waals surface area (Å²) in [5, 5.41) is 13.5. The number of benzene rings is 3. The van der Waals surface area contributed by atoms with E-state index in [-0.39, 0.29) is 5.75 Å². The van der Waals surface area contributed by atoms with Gasteiger partial charge in [-0.3, -0.25) is 4.57 Å². The van der Waals surface area contributed by atoms with Crippen LogP contribution >= 0.6 is 0 Å². The second-order valence-corrected chi connectivity index (χ2v) is 8.73. The van der Waals surface area contributed by atoms with Crippen LogP contribution in [0.25, 0.3) is 38.5 Å². The summed E-state index contributed by atoms with van der Waals surface area (Å²) >= 11 is 0. The Hall–Kier alpha value is -4.38. The highest BCUT2D eigenvalue weighted by Gasteiger charge is 2.16. The van der Waals surface area contributed by atoms with Crippen molar-refractivity contribution >= 4 is 32.7 Å². The van der Waals surface area contributed by atoms with Gasteiger partial charge in [0.25, 0.3) is 0 Å². The first-order chi connectivity index (χ1) is 16.5. The van der Waals surface area contributed by atoms with Crippen molar-refractivity contribution in [3.05, 3.63) is 95.7 Å². The fourth-order valence-corrected chi connectivity index (χ4v) is 4.67. The predicted molar refractivity (Wildman–Crippen MR) is 136 cm³/mol. The summed E-state index contributed by atoms with van der Waals surface area (Å²) in [5.74, 6) is 2.11. The lowest BCUT2D eigenvalue weighted by atomic mass is 10.1. The monoisotopic (exact) mass is 445 g/mol. The van der Waals surface area contributed by atoms with Gasteiger partial charge in [-0.2, -0.15) is 0 Å². The molecule has 0 aliphatic rings. The van der Waals surface area contributed by atoms with E-state index in [1.165, 1.54) is 10.9 Å². The van der Waals surface area contributed by atoms with E-state index in [9.17, 15) is 5.11 Å². The molecule has 3 aromatic heterocycles. The van der Waals surface area contributed by atoms with Crippen molar-refractivity contribution < 1.29 is 9.84 Å². The SMILES string of the molecule is Cc1ccc(-n2c3cc(Oc4cc(C)c5cccc(O)c5n4)ccc3c3c(C)cccc32)nc1. The van der Waals surface area contributed by atoms with Gasteiger partial charge in [-0.05, 0) is 67.8 Å². The van der Waals surface area contributed by atoms with Gasteiger partial charge in [0, 0.05) is 34.5 Å². The van der Waals surface area contributed by atoms with E-state index < -0.39 is 0 Å². The number of fused-ring (bicyclic) bond motifs is 4. The van der Waals surface area contributed by atoms with E-state index in [0.29, 0.717) is 17.1 Å². The first-order valence-electron chi connectivity index (χ1n) is 11.2. The number of para-hydroxylation sites is 1. The van der Waals surface area contributed by atoms with Gasteiger partial charge >= 0.3 is 0 Å². The van der Waals surface area contributed by atoms with Crippen LogP contribution in [0, 0.1) is 20.8 Å². The van der Waals surface area contributed by atoms with Crippen molar-refractivity contribution in [1.82, 2.24) is 14.5 Å². The largest absolute Gasteiger partial charge is 0.506 e. The maximum atomic E-state index is 10.3. The standard InChI is InChI=1S/C29H23N3O2/c1-17-10-13-26(30-16-17)32-23-8-4-6-18(2)28(23)22-12-11-20(15-24(22)32)34-27-14-19(3)21-7-5-9-25(33)29(21)31-27/h4-16,33H,1-3H3. The quantitative estimate of drug-likeness (QED) is 0.314. The molecule has 6 aromatic rings. The summed E-state index contributed by atoms with van der Waals surface area (Å²) in [5.41, 5.74) is 5.97. The number of nitrogens with zero attached hydrogens (tertiary/aromatic N) is 3. The van der Waals surface area contributed by atoms with Crippen molar-refractivity contribution in [2.45, 2.75) is 20.8 Å². The van der Waals surface area contributed by atoms with E-state index in [2.05, 4.69) is 46.8 Å². The van der Waals surface area contributed by atoms with Crippen LogP contribution in [-0.4, -0.2) is 19.6 Å². The number of phenols is 1. The Morgan fingerprint density at radius 1 is 0.794 bits per heavy atom. The Kier molecular flexibility index (Phi) is 4.52. The average Bonchev–Trinajstić information content (AvgIpc) is 3.15. The molecule has 0 fully saturated rings. The van der Waals surface area contributed by atoms with E-state index >= 15 is 0 Å². The summed E-state index contributed by atoms with van der Waals surface area (Å²) < 4.78 is 8.39. The Labute approximate surface area is 196 Å². The van der Waals surface area contributed by atoms with Gasteiger partial charge in [0.15, 0.2) is 0 Å². The van der Waals surface area contributed by atoms with Crippen LogP contribution in [0.1, 0.15) is 16.7 Å². The van der Waals surface area contributed by atoms with Gasteiger partial charge in [0.1, 0.15) is 22.8 Å². The molecule has 5 nitrogen and oxygen atoms in total. The molecule has 0 bridgehead atoms. The minimum atomic E-state index is 0.141. The molecule has 3 heterocycles. The number of phenolic OH excluding ortho intramolecular Hbond substituents is 1. The summed E-state index contributed by atoms with van der Waals surface area (Å²) in [6, 6.07) is 23.8. The third kappa shape index (κ3) is 3.17. The maximum absolute atomic E-state index is 10.3. The average molecular weight is 446 g/mol. The van der Waals surface area contributed by atoms with Gasteiger partial charge in [0.05, 0.1) is 11.0 Å². The van der Waals surface area contributed by atoms with Gasteiger partial charge in [0.2, 0.25) is 5.88 Å². The molecule has 0 saturated carbocycles. The number of ether oxygens (including phenoxy) is 1. The van der Waals surface area contributed by atoms with Crippen molar-refractivity contribution in [2.24, 2.45) is 0 Å². The van der Waals surface area contributed by atoms with E-state index in [1.807, 2.05) is 56.4 Å². The smallest absolute Gasteiger partial charge is 0.220 e. The molecule has 1 N–H and O–H groups in total. The predicted octanol–water partition coefficient (Wildman–Crippen LogP) is 7.15. The number of aromatic nitrogens is 3. The van der Waals surface area contributed by atoms with Gasteiger partial charge in [-0.15, -0.1) is 0 Å². The zero-order chi connectivity index (χ0) is 23.4. The van der Waals surface area contributed by atoms with Crippen LogP contribution in [0.2, 0.25) is 0 Å². The molecule has 34 heavy (non-hydrogen) atoms. The summed E-state index contributed by atoms with van der Waals surface area (Å²) in [6.07, 6.45) is 1.89. The van der Waals surface area contributed by atoms with Crippen molar-refractivity contribution in [3.63, 3.8) is 0 Å². The summed E-state index contributed by atoms with van der Waals surface area (Å²) in [6.45, 7) is 6.16. The fraction of sp³-hybridized carbons (Fsp3) is 0.103. The minimum absolute atomic E-state index is 0.141. The molecule has 166 valence electrons. The van der Waals surface area contributed by atoms with Gasteiger partial charge in [-0.1, -0.05) is 30.3 Å². The molecule has 0 spiro atoms. The number of pyridine rings is 2. The molecular weight excluding hydrogens is 422 g/mol. The Balaban J connectivity index is 1.54. The molecule has 0 atom stereocenters. The molecular formula is C29H23N3O2. The van der Waals surface area contributed by atoms with E-state index in [0.717, 1.165) is 38.8 Å². The Morgan fingerprint density at radius 3 is 2.47 bits per heavy atom. The second kappa shape index (κ2) is 7.59. The molecule has 0 amide bonds. The van der Waals surface area contributed by atoms with Crippen LogP contribution in [0.15, 0.2) is 79.0 Å². The van der Waals surface area contributed by atoms with Crippen molar-refractivity contribution in [3.8, 4) is 23.2 Å². The van der Waals surface area contributed by atoms with Crippen LogP contribution in [0.4, 0.5) is 0 Å². The zero-order valence-corrected chi connectivity index (χ0v) is 19.2. The highest BCUT2D eigenvalue weighted by atomic mass is 16.5. The van der Waals surface area contributed by atoms with Crippen LogP contribution in [-0.2, 0) is 0 Å². The number of rotatable bonds is 3. The number of hydrogen-bond acceptors (Lipinski definition) is 4. The van der Waals surface area contributed by atoms with E-state index in [1.54, 1.807) is 6.07 Å². The molecule has 0 aliphatic heterocycles. The lowest BCUT2D eigenvalue weighted by molar-refractivity contribution is 0.460. The molecule has 6 rings (SSSR count). The van der Waals surface area contributed by atoms with Crippen LogP contribution in [0.5, 0.6) is 17.4 Å². The fourth-order valence-electron chi connectivity index (χ4n) is 4.67. The molecule has 0 aliphatic carbocycles. The molecule has 0 unspecified atom stereocenters. The molecule has 3 aromatic carbocycles. The highest BCUT2D eigenvalue weighted by molar-refractivity contribution is 6.11. The number of hydrogen-bond donors (Lipinski definition) is 1.